The molecule has 0 heterocycles. The molecule has 1 rings (SSSR count). The van der Waals surface area contributed by atoms with Gasteiger partial charge in [-0.05, 0) is 18.2 Å². The smallest absolute Gasteiger partial charge is 0.150 e. The molecule has 0 amide bonds. The molecule has 0 radical (unpaired) electrons. The summed E-state index contributed by atoms with van der Waals surface area (Å²) >= 11 is 0. The molecule has 0 spiro atoms. The Bertz CT molecular complexity index is 336. The lowest BCUT2D eigenvalue weighted by Crippen LogP contribution is -1.92. The molecule has 68 valence electrons. The SMILES string of the molecule is N/C=C\Nc1cc(F)cc(C=O)c1. The second-order valence-corrected chi connectivity index (χ2v) is 2.39. The van der Waals surface area contributed by atoms with E-state index in [4.69, 9.17) is 5.73 Å². The summed E-state index contributed by atoms with van der Waals surface area (Å²) < 4.78 is 12.8. The van der Waals surface area contributed by atoms with Gasteiger partial charge in [0.05, 0.1) is 0 Å². The second-order valence-electron chi connectivity index (χ2n) is 2.39. The van der Waals surface area contributed by atoms with Crippen LogP contribution in [0.1, 0.15) is 10.4 Å². The lowest BCUT2D eigenvalue weighted by molar-refractivity contribution is 0.112. The number of benzene rings is 1. The van der Waals surface area contributed by atoms with Crippen molar-refractivity contribution in [1.82, 2.24) is 0 Å². The van der Waals surface area contributed by atoms with Gasteiger partial charge in [-0.25, -0.2) is 4.39 Å². The van der Waals surface area contributed by atoms with Crippen LogP contribution in [-0.4, -0.2) is 6.29 Å². The molecule has 0 fully saturated rings. The molecule has 0 saturated heterocycles. The van der Waals surface area contributed by atoms with Crippen molar-refractivity contribution in [3.05, 3.63) is 42.0 Å². The molecule has 0 aliphatic rings. The zero-order chi connectivity index (χ0) is 9.68. The van der Waals surface area contributed by atoms with E-state index in [0.29, 0.717) is 12.0 Å². The van der Waals surface area contributed by atoms with E-state index in [-0.39, 0.29) is 5.56 Å². The fraction of sp³-hybridized carbons (Fsp3) is 0. The number of hydrogen-bond donors (Lipinski definition) is 2. The van der Waals surface area contributed by atoms with Gasteiger partial charge in [0.1, 0.15) is 12.1 Å². The number of carbonyl (C=O) groups excluding carboxylic acids is 1. The highest BCUT2D eigenvalue weighted by molar-refractivity contribution is 5.77. The Balaban J connectivity index is 2.94. The van der Waals surface area contributed by atoms with E-state index in [1.54, 1.807) is 0 Å². The lowest BCUT2D eigenvalue weighted by Gasteiger charge is -2.01. The molecule has 0 aromatic heterocycles. The molecule has 3 nitrogen and oxygen atoms in total. The number of hydrogen-bond acceptors (Lipinski definition) is 3. The van der Waals surface area contributed by atoms with Crippen LogP contribution in [0.4, 0.5) is 10.1 Å². The van der Waals surface area contributed by atoms with Crippen molar-refractivity contribution in [3.8, 4) is 0 Å². The second kappa shape index (κ2) is 4.25. The topological polar surface area (TPSA) is 55.1 Å². The number of carbonyl (C=O) groups is 1. The van der Waals surface area contributed by atoms with E-state index in [1.165, 1.54) is 24.5 Å². The highest BCUT2D eigenvalue weighted by Crippen LogP contribution is 2.12. The Kier molecular flexibility index (Phi) is 3.03. The first-order valence-electron chi connectivity index (χ1n) is 3.65. The lowest BCUT2D eigenvalue weighted by atomic mass is 10.2. The molecule has 0 bridgehead atoms. The Morgan fingerprint density at radius 3 is 2.77 bits per heavy atom. The number of anilines is 1. The number of nitrogens with two attached hydrogens (primary N) is 1. The first kappa shape index (κ1) is 9.25. The normalized spacial score (nSPS) is 10.2. The Morgan fingerprint density at radius 1 is 1.38 bits per heavy atom. The van der Waals surface area contributed by atoms with E-state index in [1.807, 2.05) is 0 Å². The molecule has 0 atom stereocenters. The summed E-state index contributed by atoms with van der Waals surface area (Å²) in [5.74, 6) is -0.461. The quantitative estimate of drug-likeness (QED) is 0.693. The van der Waals surface area contributed by atoms with Crippen LogP contribution in [0.5, 0.6) is 0 Å². The first-order chi connectivity index (χ1) is 6.26. The highest BCUT2D eigenvalue weighted by Gasteiger charge is 1.97. The van der Waals surface area contributed by atoms with E-state index >= 15 is 0 Å². The molecule has 0 aliphatic heterocycles. The molecule has 1 aromatic rings. The van der Waals surface area contributed by atoms with Gasteiger partial charge in [0.15, 0.2) is 0 Å². The summed E-state index contributed by atoms with van der Waals surface area (Å²) in [6, 6.07) is 3.95. The van der Waals surface area contributed by atoms with Crippen LogP contribution >= 0.6 is 0 Å². The van der Waals surface area contributed by atoms with Gasteiger partial charge in [0.25, 0.3) is 0 Å². The summed E-state index contributed by atoms with van der Waals surface area (Å²) in [6.45, 7) is 0. The fourth-order valence-corrected chi connectivity index (χ4v) is 0.908. The van der Waals surface area contributed by atoms with E-state index in [2.05, 4.69) is 5.32 Å². The molecule has 4 heteroatoms. The van der Waals surface area contributed by atoms with Gasteiger partial charge in [-0.3, -0.25) is 4.79 Å². The molecule has 3 N–H and O–H groups in total. The van der Waals surface area contributed by atoms with Crippen molar-refractivity contribution < 1.29 is 9.18 Å². The van der Waals surface area contributed by atoms with E-state index in [0.717, 1.165) is 6.07 Å². The predicted molar refractivity (Wildman–Crippen MR) is 48.7 cm³/mol. The van der Waals surface area contributed by atoms with Crippen molar-refractivity contribution in [3.63, 3.8) is 0 Å². The molecule has 0 saturated carbocycles. The van der Waals surface area contributed by atoms with Crippen LogP contribution in [0, 0.1) is 5.82 Å². The third kappa shape index (κ3) is 2.59. The van der Waals surface area contributed by atoms with Crippen molar-refractivity contribution >= 4 is 12.0 Å². The van der Waals surface area contributed by atoms with E-state index in [9.17, 15) is 9.18 Å². The number of rotatable bonds is 3. The van der Waals surface area contributed by atoms with Gasteiger partial charge in [-0.1, -0.05) is 0 Å². The highest BCUT2D eigenvalue weighted by atomic mass is 19.1. The van der Waals surface area contributed by atoms with Crippen LogP contribution in [0.3, 0.4) is 0 Å². The van der Waals surface area contributed by atoms with Gasteiger partial charge in [-0.2, -0.15) is 0 Å². The van der Waals surface area contributed by atoms with Crippen LogP contribution in [0.2, 0.25) is 0 Å². The minimum absolute atomic E-state index is 0.285. The average molecular weight is 180 g/mol. The van der Waals surface area contributed by atoms with Crippen molar-refractivity contribution in [2.75, 3.05) is 5.32 Å². The molecular weight excluding hydrogens is 171 g/mol. The monoisotopic (exact) mass is 180 g/mol. The molecule has 0 unspecified atom stereocenters. The zero-order valence-corrected chi connectivity index (χ0v) is 6.83. The van der Waals surface area contributed by atoms with Crippen LogP contribution in [-0.2, 0) is 0 Å². The number of aldehydes is 1. The van der Waals surface area contributed by atoms with Crippen LogP contribution < -0.4 is 11.1 Å². The minimum atomic E-state index is -0.461. The Hall–Kier alpha value is -1.84. The van der Waals surface area contributed by atoms with Gasteiger partial charge < -0.3 is 11.1 Å². The largest absolute Gasteiger partial charge is 0.403 e. The molecular formula is C9H9FN2O. The number of halogens is 1. The number of nitrogens with one attached hydrogen (secondary N) is 1. The molecule has 13 heavy (non-hydrogen) atoms. The summed E-state index contributed by atoms with van der Waals surface area (Å²) in [5.41, 5.74) is 5.85. The molecule has 1 aromatic carbocycles. The maximum atomic E-state index is 12.8. The predicted octanol–water partition coefficient (Wildman–Crippen LogP) is 1.48. The maximum Gasteiger partial charge on any atom is 0.150 e. The summed E-state index contributed by atoms with van der Waals surface area (Å²) in [7, 11) is 0. The maximum absolute atomic E-state index is 12.8. The zero-order valence-electron chi connectivity index (χ0n) is 6.83. The van der Waals surface area contributed by atoms with Crippen molar-refractivity contribution in [1.29, 1.82) is 0 Å². The summed E-state index contributed by atoms with van der Waals surface area (Å²) in [5, 5.41) is 2.71. The standard InChI is InChI=1S/C9H9FN2O/c10-8-3-7(6-13)4-9(5-8)12-2-1-11/h1-6,12H,11H2/b2-1-. The third-order valence-corrected chi connectivity index (χ3v) is 1.40. The summed E-state index contributed by atoms with van der Waals surface area (Å²) in [4.78, 5) is 10.3. The van der Waals surface area contributed by atoms with Gasteiger partial charge >= 0.3 is 0 Å². The van der Waals surface area contributed by atoms with Crippen molar-refractivity contribution in [2.45, 2.75) is 0 Å². The third-order valence-electron chi connectivity index (χ3n) is 1.40. The van der Waals surface area contributed by atoms with Crippen LogP contribution in [0.25, 0.3) is 0 Å². The van der Waals surface area contributed by atoms with Crippen LogP contribution in [0.15, 0.2) is 30.6 Å². The average Bonchev–Trinajstić information content (AvgIpc) is 2.14. The van der Waals surface area contributed by atoms with Crippen molar-refractivity contribution in [2.24, 2.45) is 5.73 Å². The Labute approximate surface area is 75.1 Å². The Morgan fingerprint density at radius 2 is 2.15 bits per heavy atom. The fourth-order valence-electron chi connectivity index (χ4n) is 0.908. The molecule has 0 aliphatic carbocycles. The van der Waals surface area contributed by atoms with Gasteiger partial charge in [0, 0.05) is 23.7 Å². The summed E-state index contributed by atoms with van der Waals surface area (Å²) in [6.07, 6.45) is 3.31. The first-order valence-corrected chi connectivity index (χ1v) is 3.65. The van der Waals surface area contributed by atoms with Gasteiger partial charge in [0.2, 0.25) is 0 Å². The van der Waals surface area contributed by atoms with Gasteiger partial charge in [-0.15, -0.1) is 0 Å². The van der Waals surface area contributed by atoms with E-state index < -0.39 is 5.82 Å². The minimum Gasteiger partial charge on any atom is -0.403 e.